The summed E-state index contributed by atoms with van der Waals surface area (Å²) in [5, 5.41) is 3.33. The van der Waals surface area contributed by atoms with Gasteiger partial charge in [-0.05, 0) is 42.5 Å². The standard InChI is InChI=1S/C15H13BrCl2N2O3S/c16-10-1-4-12(5-2-10)24(22,23)19-8-7-15(21)20-11-3-6-13(17)14(18)9-11/h1-6,9,19H,7-8H2,(H,20,21). The van der Waals surface area contributed by atoms with E-state index in [4.69, 9.17) is 23.2 Å². The van der Waals surface area contributed by atoms with Gasteiger partial charge in [0.05, 0.1) is 14.9 Å². The Hall–Kier alpha value is -1.12. The van der Waals surface area contributed by atoms with Gasteiger partial charge in [-0.3, -0.25) is 4.79 Å². The number of halogens is 3. The number of benzene rings is 2. The number of sulfonamides is 1. The topological polar surface area (TPSA) is 75.3 Å². The lowest BCUT2D eigenvalue weighted by Crippen LogP contribution is -2.27. The van der Waals surface area contributed by atoms with Crippen molar-refractivity contribution in [3.8, 4) is 0 Å². The third kappa shape index (κ3) is 5.46. The van der Waals surface area contributed by atoms with Crippen molar-refractivity contribution in [2.75, 3.05) is 11.9 Å². The first kappa shape index (κ1) is 19.2. The van der Waals surface area contributed by atoms with Crippen molar-refractivity contribution in [1.82, 2.24) is 4.72 Å². The first-order valence-corrected chi connectivity index (χ1v) is 9.81. The van der Waals surface area contributed by atoms with Gasteiger partial charge in [0.1, 0.15) is 0 Å². The molecule has 0 atom stereocenters. The summed E-state index contributed by atoms with van der Waals surface area (Å²) in [5.74, 6) is -0.341. The molecular formula is C15H13BrCl2N2O3S. The number of hydrogen-bond acceptors (Lipinski definition) is 3. The fourth-order valence-corrected chi connectivity index (χ4v) is 3.39. The van der Waals surface area contributed by atoms with Crippen LogP contribution in [0, 0.1) is 0 Å². The van der Waals surface area contributed by atoms with Gasteiger partial charge in [0.2, 0.25) is 15.9 Å². The maximum absolute atomic E-state index is 12.1. The number of carbonyl (C=O) groups is 1. The third-order valence-electron chi connectivity index (χ3n) is 2.97. The second-order valence-electron chi connectivity index (χ2n) is 4.78. The zero-order valence-electron chi connectivity index (χ0n) is 12.2. The molecule has 9 heteroatoms. The number of rotatable bonds is 6. The SMILES string of the molecule is O=C(CCNS(=O)(=O)c1ccc(Br)cc1)Nc1ccc(Cl)c(Cl)c1. The molecule has 0 radical (unpaired) electrons. The van der Waals surface area contributed by atoms with E-state index >= 15 is 0 Å². The summed E-state index contributed by atoms with van der Waals surface area (Å²) < 4.78 is 27.3. The van der Waals surface area contributed by atoms with E-state index in [-0.39, 0.29) is 23.8 Å². The van der Waals surface area contributed by atoms with Gasteiger partial charge in [0.25, 0.3) is 0 Å². The third-order valence-corrected chi connectivity index (χ3v) is 5.72. The number of nitrogens with one attached hydrogen (secondary N) is 2. The molecule has 0 heterocycles. The Kier molecular flexibility index (Phi) is 6.65. The maximum atomic E-state index is 12.1. The molecular weight excluding hydrogens is 439 g/mol. The van der Waals surface area contributed by atoms with Crippen LogP contribution in [0.15, 0.2) is 51.8 Å². The van der Waals surface area contributed by atoms with Gasteiger partial charge in [-0.25, -0.2) is 13.1 Å². The molecule has 5 nitrogen and oxygen atoms in total. The minimum absolute atomic E-state index is 0.0179. The van der Waals surface area contributed by atoms with E-state index in [9.17, 15) is 13.2 Å². The summed E-state index contributed by atoms with van der Waals surface area (Å²) in [7, 11) is -3.65. The molecule has 2 aromatic carbocycles. The molecule has 0 aliphatic rings. The molecule has 0 spiro atoms. The highest BCUT2D eigenvalue weighted by Gasteiger charge is 2.14. The van der Waals surface area contributed by atoms with Crippen LogP contribution in [0.5, 0.6) is 0 Å². The molecule has 0 aliphatic heterocycles. The molecule has 0 bridgehead atoms. The maximum Gasteiger partial charge on any atom is 0.240 e. The Balaban J connectivity index is 1.87. The van der Waals surface area contributed by atoms with Crippen LogP contribution in [0.1, 0.15) is 6.42 Å². The van der Waals surface area contributed by atoms with Crippen molar-refractivity contribution in [2.45, 2.75) is 11.3 Å². The van der Waals surface area contributed by atoms with Crippen molar-refractivity contribution in [1.29, 1.82) is 0 Å². The fraction of sp³-hybridized carbons (Fsp3) is 0.133. The smallest absolute Gasteiger partial charge is 0.240 e. The van der Waals surface area contributed by atoms with E-state index in [0.29, 0.717) is 15.7 Å². The monoisotopic (exact) mass is 450 g/mol. The normalized spacial score (nSPS) is 11.3. The molecule has 24 heavy (non-hydrogen) atoms. The van der Waals surface area contributed by atoms with Crippen molar-refractivity contribution in [2.24, 2.45) is 0 Å². The van der Waals surface area contributed by atoms with Gasteiger partial charge in [-0.1, -0.05) is 39.1 Å². The highest BCUT2D eigenvalue weighted by atomic mass is 79.9. The van der Waals surface area contributed by atoms with Crippen LogP contribution in [0.25, 0.3) is 0 Å². The van der Waals surface area contributed by atoms with Crippen LogP contribution in [-0.2, 0) is 14.8 Å². The second-order valence-corrected chi connectivity index (χ2v) is 8.28. The van der Waals surface area contributed by atoms with Crippen LogP contribution in [0.3, 0.4) is 0 Å². The molecule has 0 aliphatic carbocycles. The van der Waals surface area contributed by atoms with Crippen LogP contribution in [-0.4, -0.2) is 20.9 Å². The molecule has 1 amide bonds. The van der Waals surface area contributed by atoms with Gasteiger partial charge in [-0.2, -0.15) is 0 Å². The average molecular weight is 452 g/mol. The summed E-state index contributed by atoms with van der Waals surface area (Å²) in [6.07, 6.45) is -0.0179. The first-order chi connectivity index (χ1) is 11.3. The molecule has 2 aromatic rings. The van der Waals surface area contributed by atoms with Crippen molar-refractivity contribution in [3.05, 3.63) is 57.0 Å². The lowest BCUT2D eigenvalue weighted by Gasteiger charge is -2.08. The van der Waals surface area contributed by atoms with Gasteiger partial charge in [0.15, 0.2) is 0 Å². The van der Waals surface area contributed by atoms with E-state index in [1.165, 1.54) is 18.2 Å². The van der Waals surface area contributed by atoms with E-state index < -0.39 is 10.0 Å². The van der Waals surface area contributed by atoms with E-state index in [2.05, 4.69) is 26.0 Å². The van der Waals surface area contributed by atoms with Crippen LogP contribution in [0.4, 0.5) is 5.69 Å². The van der Waals surface area contributed by atoms with Gasteiger partial charge >= 0.3 is 0 Å². The predicted octanol–water partition coefficient (Wildman–Crippen LogP) is 4.06. The number of hydrogen-bond donors (Lipinski definition) is 2. The fourth-order valence-electron chi connectivity index (χ4n) is 1.79. The molecule has 0 fully saturated rings. The summed E-state index contributed by atoms with van der Waals surface area (Å²) in [6, 6.07) is 10.9. The molecule has 128 valence electrons. The molecule has 0 aromatic heterocycles. The van der Waals surface area contributed by atoms with Crippen molar-refractivity contribution in [3.63, 3.8) is 0 Å². The highest BCUT2D eigenvalue weighted by molar-refractivity contribution is 9.10. The van der Waals surface area contributed by atoms with Crippen LogP contribution < -0.4 is 10.0 Å². The highest BCUT2D eigenvalue weighted by Crippen LogP contribution is 2.25. The lowest BCUT2D eigenvalue weighted by molar-refractivity contribution is -0.116. The molecule has 0 saturated carbocycles. The summed E-state index contributed by atoms with van der Waals surface area (Å²) in [4.78, 5) is 12.0. The predicted molar refractivity (Wildman–Crippen MR) is 99.0 cm³/mol. The number of carbonyl (C=O) groups excluding carboxylic acids is 1. The van der Waals surface area contributed by atoms with E-state index in [1.807, 2.05) is 0 Å². The quantitative estimate of drug-likeness (QED) is 0.695. The average Bonchev–Trinajstić information content (AvgIpc) is 2.51. The lowest BCUT2D eigenvalue weighted by atomic mass is 10.3. The molecule has 0 saturated heterocycles. The minimum Gasteiger partial charge on any atom is -0.326 e. The van der Waals surface area contributed by atoms with Crippen molar-refractivity contribution >= 4 is 60.7 Å². The molecule has 2 rings (SSSR count). The summed E-state index contributed by atoms with van der Waals surface area (Å²) in [6.45, 7) is -0.0223. The summed E-state index contributed by atoms with van der Waals surface area (Å²) in [5.41, 5.74) is 0.491. The van der Waals surface area contributed by atoms with E-state index in [1.54, 1.807) is 24.3 Å². The van der Waals surface area contributed by atoms with Gasteiger partial charge in [0, 0.05) is 23.1 Å². The van der Waals surface area contributed by atoms with E-state index in [0.717, 1.165) is 4.47 Å². The Morgan fingerprint density at radius 2 is 1.71 bits per heavy atom. The molecule has 2 N–H and O–H groups in total. The Morgan fingerprint density at radius 3 is 2.33 bits per heavy atom. The largest absolute Gasteiger partial charge is 0.326 e. The Labute approximate surface area is 158 Å². The van der Waals surface area contributed by atoms with Gasteiger partial charge in [-0.15, -0.1) is 0 Å². The second kappa shape index (κ2) is 8.31. The number of amides is 1. The van der Waals surface area contributed by atoms with Gasteiger partial charge < -0.3 is 5.32 Å². The zero-order chi connectivity index (χ0) is 17.7. The Morgan fingerprint density at radius 1 is 1.04 bits per heavy atom. The Bertz CT molecular complexity index is 842. The zero-order valence-corrected chi connectivity index (χ0v) is 16.1. The summed E-state index contributed by atoms with van der Waals surface area (Å²) >= 11 is 14.9. The van der Waals surface area contributed by atoms with Crippen molar-refractivity contribution < 1.29 is 13.2 Å². The number of anilines is 1. The minimum atomic E-state index is -3.65. The molecule has 0 unspecified atom stereocenters. The van der Waals surface area contributed by atoms with Crippen LogP contribution >= 0.6 is 39.1 Å². The first-order valence-electron chi connectivity index (χ1n) is 6.78. The van der Waals surface area contributed by atoms with Crippen LogP contribution in [0.2, 0.25) is 10.0 Å².